The van der Waals surface area contributed by atoms with Gasteiger partial charge in [-0.05, 0) is 36.5 Å². The van der Waals surface area contributed by atoms with E-state index in [1.165, 1.54) is 24.3 Å². The van der Waals surface area contributed by atoms with Gasteiger partial charge in [-0.3, -0.25) is 0 Å². The molecule has 3 saturated carbocycles. The smallest absolute Gasteiger partial charge is 0.124 e. The van der Waals surface area contributed by atoms with Gasteiger partial charge in [-0.1, -0.05) is 20.8 Å². The summed E-state index contributed by atoms with van der Waals surface area (Å²) >= 11 is 1.75. The van der Waals surface area contributed by atoms with Gasteiger partial charge in [0, 0.05) is 5.41 Å². The molecule has 0 spiro atoms. The van der Waals surface area contributed by atoms with Crippen molar-refractivity contribution >= 4 is 11.3 Å². The van der Waals surface area contributed by atoms with Gasteiger partial charge in [0.1, 0.15) is 10.5 Å². The Morgan fingerprint density at radius 3 is 2.73 bits per heavy atom. The van der Waals surface area contributed by atoms with Crippen molar-refractivity contribution in [3.63, 3.8) is 0 Å². The molecule has 0 aromatic carbocycles. The Balaban J connectivity index is 2.09. The number of rotatable bonds is 1. The molecule has 1 aromatic rings. The Morgan fingerprint density at radius 1 is 1.40 bits per heavy atom. The first-order valence-electron chi connectivity index (χ1n) is 5.85. The number of hydrogen-bond donors (Lipinski definition) is 0. The number of hydrogen-bond acceptors (Lipinski definition) is 3. The highest BCUT2D eigenvalue weighted by atomic mass is 32.1. The van der Waals surface area contributed by atoms with Crippen LogP contribution >= 0.6 is 11.3 Å². The second-order valence-corrected chi connectivity index (χ2v) is 6.65. The molecule has 0 aliphatic heterocycles. The Kier molecular flexibility index (Phi) is 1.83. The van der Waals surface area contributed by atoms with Crippen LogP contribution < -0.4 is 0 Å². The average molecular weight is 222 g/mol. The Labute approximate surface area is 95.1 Å². The molecule has 1 heterocycles. The molecule has 82 valence electrons. The van der Waals surface area contributed by atoms with E-state index in [1.807, 2.05) is 5.51 Å². The van der Waals surface area contributed by atoms with Crippen molar-refractivity contribution in [3.8, 4) is 0 Å². The predicted octanol–water partition coefficient (Wildman–Crippen LogP) is 3.25. The van der Waals surface area contributed by atoms with E-state index in [2.05, 4.69) is 31.0 Å². The van der Waals surface area contributed by atoms with Gasteiger partial charge in [0.2, 0.25) is 0 Å². The van der Waals surface area contributed by atoms with Crippen molar-refractivity contribution in [2.75, 3.05) is 0 Å². The lowest BCUT2D eigenvalue weighted by atomic mass is 9.37. The zero-order chi connectivity index (χ0) is 10.7. The van der Waals surface area contributed by atoms with Crippen molar-refractivity contribution in [3.05, 3.63) is 10.5 Å². The molecule has 0 radical (unpaired) electrons. The summed E-state index contributed by atoms with van der Waals surface area (Å²) in [6, 6.07) is 0. The third-order valence-corrected chi connectivity index (χ3v) is 6.14. The summed E-state index contributed by atoms with van der Waals surface area (Å²) in [6.45, 7) is 7.26. The molecule has 3 fully saturated rings. The largest absolute Gasteiger partial charge is 0.147 e. The second kappa shape index (κ2) is 2.82. The van der Waals surface area contributed by atoms with Crippen LogP contribution in [0.2, 0.25) is 0 Å². The first-order chi connectivity index (χ1) is 7.09. The van der Waals surface area contributed by atoms with Crippen molar-refractivity contribution in [1.29, 1.82) is 0 Å². The number of aromatic nitrogens is 2. The van der Waals surface area contributed by atoms with Crippen LogP contribution in [-0.2, 0) is 5.41 Å². The van der Waals surface area contributed by atoms with E-state index < -0.39 is 0 Å². The van der Waals surface area contributed by atoms with E-state index in [0.29, 0.717) is 10.8 Å². The molecule has 3 unspecified atom stereocenters. The summed E-state index contributed by atoms with van der Waals surface area (Å²) in [5.41, 5.74) is 2.66. The van der Waals surface area contributed by atoms with Gasteiger partial charge in [0.15, 0.2) is 0 Å². The lowest BCUT2D eigenvalue weighted by Crippen LogP contribution is -2.64. The van der Waals surface area contributed by atoms with Gasteiger partial charge < -0.3 is 0 Å². The molecule has 2 nitrogen and oxygen atoms in total. The summed E-state index contributed by atoms with van der Waals surface area (Å²) in [5, 5.41) is 9.69. The van der Waals surface area contributed by atoms with Crippen LogP contribution in [0.25, 0.3) is 0 Å². The molecule has 0 N–H and O–H groups in total. The van der Waals surface area contributed by atoms with E-state index in [-0.39, 0.29) is 0 Å². The zero-order valence-corrected chi connectivity index (χ0v) is 10.5. The van der Waals surface area contributed by atoms with Crippen LogP contribution in [-0.4, -0.2) is 10.2 Å². The fraction of sp³-hybridized carbons (Fsp3) is 0.833. The van der Waals surface area contributed by atoms with Crippen molar-refractivity contribution in [1.82, 2.24) is 10.2 Å². The minimum atomic E-state index is 0.344. The molecule has 4 rings (SSSR count). The second-order valence-electron chi connectivity index (χ2n) is 5.82. The Bertz CT molecular complexity index is 371. The molecular formula is C12H18N2S. The highest BCUT2D eigenvalue weighted by molar-refractivity contribution is 7.09. The summed E-state index contributed by atoms with van der Waals surface area (Å²) in [5.74, 6) is 1.68. The molecule has 2 bridgehead atoms. The van der Waals surface area contributed by atoms with Gasteiger partial charge in [-0.15, -0.1) is 21.5 Å². The van der Waals surface area contributed by atoms with Gasteiger partial charge in [0.25, 0.3) is 0 Å². The van der Waals surface area contributed by atoms with E-state index in [1.54, 1.807) is 11.3 Å². The summed E-state index contributed by atoms with van der Waals surface area (Å²) in [7, 11) is 0. The SMILES string of the molecule is CC1CCC2CC1(c1nncs1)C2(C)C. The molecule has 0 amide bonds. The normalized spacial score (nSPS) is 42.3. The first-order valence-corrected chi connectivity index (χ1v) is 6.73. The predicted molar refractivity (Wildman–Crippen MR) is 61.9 cm³/mol. The zero-order valence-electron chi connectivity index (χ0n) is 9.66. The van der Waals surface area contributed by atoms with Gasteiger partial charge in [-0.2, -0.15) is 0 Å². The van der Waals surface area contributed by atoms with E-state index in [9.17, 15) is 0 Å². The quantitative estimate of drug-likeness (QED) is 0.729. The van der Waals surface area contributed by atoms with Crippen molar-refractivity contribution in [2.45, 2.75) is 45.4 Å². The van der Waals surface area contributed by atoms with Crippen molar-refractivity contribution < 1.29 is 0 Å². The minimum Gasteiger partial charge on any atom is -0.147 e. The van der Waals surface area contributed by atoms with Gasteiger partial charge in [-0.25, -0.2) is 0 Å². The van der Waals surface area contributed by atoms with E-state index in [0.717, 1.165) is 11.8 Å². The lowest BCUT2D eigenvalue weighted by molar-refractivity contribution is -0.133. The van der Waals surface area contributed by atoms with Crippen LogP contribution in [0.3, 0.4) is 0 Å². The highest BCUT2D eigenvalue weighted by Crippen LogP contribution is 2.70. The number of fused-ring (bicyclic) bond motifs is 2. The average Bonchev–Trinajstić information content (AvgIpc) is 2.70. The monoisotopic (exact) mass is 222 g/mol. The van der Waals surface area contributed by atoms with Crippen molar-refractivity contribution in [2.24, 2.45) is 17.3 Å². The van der Waals surface area contributed by atoms with Gasteiger partial charge in [0.05, 0.1) is 0 Å². The molecule has 15 heavy (non-hydrogen) atoms. The van der Waals surface area contributed by atoms with Crippen LogP contribution in [0.4, 0.5) is 0 Å². The Morgan fingerprint density at radius 2 is 2.20 bits per heavy atom. The third kappa shape index (κ3) is 0.955. The maximum absolute atomic E-state index is 4.36. The molecule has 3 aliphatic carbocycles. The topological polar surface area (TPSA) is 25.8 Å². The first kappa shape index (κ1) is 9.76. The molecule has 3 aliphatic rings. The van der Waals surface area contributed by atoms with Gasteiger partial charge >= 0.3 is 0 Å². The summed E-state index contributed by atoms with van der Waals surface area (Å²) in [4.78, 5) is 0. The summed E-state index contributed by atoms with van der Waals surface area (Å²) in [6.07, 6.45) is 4.12. The molecule has 0 saturated heterocycles. The minimum absolute atomic E-state index is 0.344. The van der Waals surface area contributed by atoms with E-state index >= 15 is 0 Å². The van der Waals surface area contributed by atoms with Crippen LogP contribution in [0.1, 0.15) is 45.0 Å². The standard InChI is InChI=1S/C12H18N2S/c1-8-4-5-9-6-12(8,11(9,2)3)10-14-13-7-15-10/h7-9H,4-6H2,1-3H3. The Hall–Kier alpha value is -0.440. The highest BCUT2D eigenvalue weighted by Gasteiger charge is 2.66. The fourth-order valence-corrected chi connectivity index (χ4v) is 5.12. The maximum Gasteiger partial charge on any atom is 0.124 e. The lowest BCUT2D eigenvalue weighted by Gasteiger charge is -2.67. The fourth-order valence-electron chi connectivity index (χ4n) is 4.08. The molecule has 3 atom stereocenters. The maximum atomic E-state index is 4.36. The number of nitrogens with zero attached hydrogens (tertiary/aromatic N) is 2. The third-order valence-electron chi connectivity index (χ3n) is 5.27. The molecular weight excluding hydrogens is 204 g/mol. The summed E-state index contributed by atoms with van der Waals surface area (Å²) < 4.78 is 0. The van der Waals surface area contributed by atoms with Crippen LogP contribution in [0, 0.1) is 17.3 Å². The van der Waals surface area contributed by atoms with Crippen LogP contribution in [0.5, 0.6) is 0 Å². The van der Waals surface area contributed by atoms with Crippen LogP contribution in [0.15, 0.2) is 5.51 Å². The molecule has 1 aromatic heterocycles. The molecule has 3 heteroatoms. The van der Waals surface area contributed by atoms with E-state index in [4.69, 9.17) is 0 Å².